The third kappa shape index (κ3) is 2.13. The van der Waals surface area contributed by atoms with Gasteiger partial charge < -0.3 is 10.6 Å². The Morgan fingerprint density at radius 3 is 2.62 bits per heavy atom. The predicted octanol–water partition coefficient (Wildman–Crippen LogP) is 2.51. The van der Waals surface area contributed by atoms with Gasteiger partial charge in [0, 0.05) is 36.4 Å². The van der Waals surface area contributed by atoms with Gasteiger partial charge in [0.05, 0.1) is 0 Å². The number of nitrogens with zero attached hydrogens (tertiary/aromatic N) is 1. The Balaban J connectivity index is 2.44. The first-order chi connectivity index (χ1) is 7.72. The Bertz CT molecular complexity index is 432. The van der Waals surface area contributed by atoms with Crippen molar-refractivity contribution in [3.05, 3.63) is 52.7 Å². The number of allylic oxidation sites excluding steroid dienone is 2. The van der Waals surface area contributed by atoms with E-state index in [4.69, 9.17) is 17.3 Å². The Morgan fingerprint density at radius 2 is 2.00 bits per heavy atom. The van der Waals surface area contributed by atoms with Crippen molar-refractivity contribution in [3.8, 4) is 0 Å². The summed E-state index contributed by atoms with van der Waals surface area (Å²) in [6.45, 7) is 1.47. The number of hydrogen-bond acceptors (Lipinski definition) is 2. The molecule has 0 fully saturated rings. The van der Waals surface area contributed by atoms with Crippen LogP contribution in [0.25, 0.3) is 5.57 Å². The van der Waals surface area contributed by atoms with Gasteiger partial charge in [-0.05, 0) is 17.7 Å². The van der Waals surface area contributed by atoms with Gasteiger partial charge in [0.25, 0.3) is 0 Å². The Morgan fingerprint density at radius 1 is 1.31 bits per heavy atom. The minimum absolute atomic E-state index is 0.554. The lowest BCUT2D eigenvalue weighted by Gasteiger charge is -2.26. The zero-order valence-corrected chi connectivity index (χ0v) is 10.0. The van der Waals surface area contributed by atoms with Gasteiger partial charge in [-0.15, -0.1) is 0 Å². The molecule has 1 aromatic rings. The Kier molecular flexibility index (Phi) is 3.32. The van der Waals surface area contributed by atoms with Crippen LogP contribution in [0.1, 0.15) is 5.56 Å². The molecule has 0 atom stereocenters. The topological polar surface area (TPSA) is 29.3 Å². The maximum absolute atomic E-state index is 5.88. The molecule has 2 nitrogen and oxygen atoms in total. The summed E-state index contributed by atoms with van der Waals surface area (Å²) in [5, 5.41) is 0.756. The minimum Gasteiger partial charge on any atom is -0.373 e. The molecule has 1 aliphatic rings. The largest absolute Gasteiger partial charge is 0.373 e. The highest BCUT2D eigenvalue weighted by molar-refractivity contribution is 6.30. The highest BCUT2D eigenvalue weighted by Gasteiger charge is 2.12. The van der Waals surface area contributed by atoms with Crippen LogP contribution in [0, 0.1) is 0 Å². The standard InChI is InChI=1S/C13H15ClN2/c1-16-8-2-3-12(13(16)9-15)10-4-6-11(14)7-5-10/h2-7H,8-9,15H2,1H3. The summed E-state index contributed by atoms with van der Waals surface area (Å²) in [5.41, 5.74) is 9.31. The van der Waals surface area contributed by atoms with Gasteiger partial charge in [-0.1, -0.05) is 35.9 Å². The highest BCUT2D eigenvalue weighted by atomic mass is 35.5. The van der Waals surface area contributed by atoms with E-state index < -0.39 is 0 Å². The van der Waals surface area contributed by atoms with Crippen LogP contribution in [0.15, 0.2) is 42.1 Å². The summed E-state index contributed by atoms with van der Waals surface area (Å²) >= 11 is 5.88. The fourth-order valence-electron chi connectivity index (χ4n) is 1.90. The number of hydrogen-bond donors (Lipinski definition) is 1. The van der Waals surface area contributed by atoms with Gasteiger partial charge in [-0.2, -0.15) is 0 Å². The van der Waals surface area contributed by atoms with Crippen LogP contribution in [0.3, 0.4) is 0 Å². The van der Waals surface area contributed by atoms with Gasteiger partial charge in [-0.3, -0.25) is 0 Å². The summed E-state index contributed by atoms with van der Waals surface area (Å²) < 4.78 is 0. The number of rotatable bonds is 2. The Hall–Kier alpha value is -1.25. The summed E-state index contributed by atoms with van der Waals surface area (Å²) in [6.07, 6.45) is 4.27. The minimum atomic E-state index is 0.554. The van der Waals surface area contributed by atoms with E-state index in [1.807, 2.05) is 24.3 Å². The maximum atomic E-state index is 5.88. The summed E-state index contributed by atoms with van der Waals surface area (Å²) in [4.78, 5) is 2.17. The van der Waals surface area contributed by atoms with Crippen LogP contribution >= 0.6 is 11.6 Å². The molecule has 0 saturated heterocycles. The first-order valence-electron chi connectivity index (χ1n) is 5.29. The monoisotopic (exact) mass is 234 g/mol. The van der Waals surface area contributed by atoms with Crippen molar-refractivity contribution < 1.29 is 0 Å². The summed E-state index contributed by atoms with van der Waals surface area (Å²) in [5.74, 6) is 0. The first-order valence-corrected chi connectivity index (χ1v) is 5.67. The third-order valence-electron chi connectivity index (χ3n) is 2.78. The zero-order valence-electron chi connectivity index (χ0n) is 9.28. The second-order valence-corrected chi connectivity index (χ2v) is 4.29. The molecule has 0 spiro atoms. The molecule has 1 aliphatic heterocycles. The molecule has 2 rings (SSSR count). The second-order valence-electron chi connectivity index (χ2n) is 3.85. The molecule has 16 heavy (non-hydrogen) atoms. The van der Waals surface area contributed by atoms with Crippen LogP contribution in [0.2, 0.25) is 5.02 Å². The van der Waals surface area contributed by atoms with E-state index in [9.17, 15) is 0 Å². The van der Waals surface area contributed by atoms with Gasteiger partial charge >= 0.3 is 0 Å². The number of likely N-dealkylation sites (N-methyl/N-ethyl adjacent to an activating group) is 1. The SMILES string of the molecule is CN1CC=CC(c2ccc(Cl)cc2)=C1CN. The number of nitrogens with two attached hydrogens (primary N) is 1. The van der Waals surface area contributed by atoms with Crippen LogP contribution in [0.5, 0.6) is 0 Å². The van der Waals surface area contributed by atoms with Crippen molar-refractivity contribution in [3.63, 3.8) is 0 Å². The second kappa shape index (κ2) is 4.73. The molecule has 0 radical (unpaired) electrons. The molecule has 1 heterocycles. The molecular formula is C13H15ClN2. The average molecular weight is 235 g/mol. The number of benzene rings is 1. The molecule has 0 amide bonds. The molecule has 0 saturated carbocycles. The van der Waals surface area contributed by atoms with Gasteiger partial charge in [0.15, 0.2) is 0 Å². The van der Waals surface area contributed by atoms with E-state index in [2.05, 4.69) is 24.1 Å². The van der Waals surface area contributed by atoms with Crippen molar-refractivity contribution in [2.75, 3.05) is 20.1 Å². The van der Waals surface area contributed by atoms with Crippen LogP contribution in [0.4, 0.5) is 0 Å². The van der Waals surface area contributed by atoms with E-state index in [0.717, 1.165) is 17.1 Å². The number of halogens is 1. The van der Waals surface area contributed by atoms with Gasteiger partial charge in [0.2, 0.25) is 0 Å². The molecular weight excluding hydrogens is 220 g/mol. The van der Waals surface area contributed by atoms with Crippen molar-refractivity contribution >= 4 is 17.2 Å². The zero-order chi connectivity index (χ0) is 11.5. The fraction of sp³-hybridized carbons (Fsp3) is 0.231. The maximum Gasteiger partial charge on any atom is 0.0406 e. The lowest BCUT2D eigenvalue weighted by molar-refractivity contribution is 0.455. The molecule has 0 aliphatic carbocycles. The lowest BCUT2D eigenvalue weighted by atomic mass is 10.0. The quantitative estimate of drug-likeness (QED) is 0.852. The lowest BCUT2D eigenvalue weighted by Crippen LogP contribution is -2.26. The smallest absolute Gasteiger partial charge is 0.0406 e. The summed E-state index contributed by atoms with van der Waals surface area (Å²) in [6, 6.07) is 7.86. The van der Waals surface area contributed by atoms with Crippen molar-refractivity contribution in [1.82, 2.24) is 4.90 Å². The first kappa shape index (κ1) is 11.2. The third-order valence-corrected chi connectivity index (χ3v) is 3.04. The summed E-state index contributed by atoms with van der Waals surface area (Å²) in [7, 11) is 2.06. The average Bonchev–Trinajstić information content (AvgIpc) is 2.30. The van der Waals surface area contributed by atoms with Gasteiger partial charge in [-0.25, -0.2) is 0 Å². The fourth-order valence-corrected chi connectivity index (χ4v) is 2.02. The molecule has 84 valence electrons. The van der Waals surface area contributed by atoms with E-state index >= 15 is 0 Å². The van der Waals surface area contributed by atoms with Crippen molar-refractivity contribution in [1.29, 1.82) is 0 Å². The predicted molar refractivity (Wildman–Crippen MR) is 69.2 cm³/mol. The highest BCUT2D eigenvalue weighted by Crippen LogP contribution is 2.25. The van der Waals surface area contributed by atoms with Crippen molar-refractivity contribution in [2.45, 2.75) is 0 Å². The van der Waals surface area contributed by atoms with E-state index in [1.54, 1.807) is 0 Å². The van der Waals surface area contributed by atoms with Crippen molar-refractivity contribution in [2.24, 2.45) is 5.73 Å². The molecule has 2 N–H and O–H groups in total. The molecule has 0 unspecified atom stereocenters. The normalized spacial score (nSPS) is 15.8. The molecule has 0 aromatic heterocycles. The van der Waals surface area contributed by atoms with Crippen LogP contribution < -0.4 is 5.73 Å². The van der Waals surface area contributed by atoms with E-state index in [-0.39, 0.29) is 0 Å². The van der Waals surface area contributed by atoms with Crippen LogP contribution in [-0.2, 0) is 0 Å². The Labute approximate surface area is 101 Å². The molecule has 3 heteroatoms. The van der Waals surface area contributed by atoms with E-state index in [0.29, 0.717) is 6.54 Å². The van der Waals surface area contributed by atoms with Gasteiger partial charge in [0.1, 0.15) is 0 Å². The molecule has 0 bridgehead atoms. The molecule has 1 aromatic carbocycles. The van der Waals surface area contributed by atoms with Crippen LogP contribution in [-0.4, -0.2) is 25.0 Å². The van der Waals surface area contributed by atoms with E-state index in [1.165, 1.54) is 11.3 Å².